The van der Waals surface area contributed by atoms with E-state index in [-0.39, 0.29) is 0 Å². The molecule has 6 heteroatoms. The van der Waals surface area contributed by atoms with Gasteiger partial charge in [0.05, 0.1) is 0 Å². The molecule has 6 nitrogen and oxygen atoms in total. The number of β-amino-alcohol motifs (C(OH)–C–C–N with tert-alkyl or cyclic N) is 1. The molecule has 1 N–H and O–H groups in total. The van der Waals surface area contributed by atoms with Crippen LogP contribution in [-0.4, -0.2) is 83.8 Å². The van der Waals surface area contributed by atoms with Crippen LogP contribution in [0.25, 0.3) is 0 Å². The number of benzene rings is 1. The maximum atomic E-state index is 10.4. The van der Waals surface area contributed by atoms with E-state index in [0.717, 1.165) is 51.6 Å². The van der Waals surface area contributed by atoms with Crippen molar-refractivity contribution in [2.24, 2.45) is 0 Å². The average molecular weight is 399 g/mol. The third kappa shape index (κ3) is 7.40. The van der Waals surface area contributed by atoms with Gasteiger partial charge in [0.2, 0.25) is 0 Å². The summed E-state index contributed by atoms with van der Waals surface area (Å²) in [5.41, 5.74) is 2.39. The van der Waals surface area contributed by atoms with Gasteiger partial charge in [0.1, 0.15) is 18.5 Å². The lowest BCUT2D eigenvalue weighted by Gasteiger charge is -2.34. The fourth-order valence-electron chi connectivity index (χ4n) is 3.74. The van der Waals surface area contributed by atoms with Crippen molar-refractivity contribution in [3.63, 3.8) is 0 Å². The lowest BCUT2D eigenvalue weighted by Crippen LogP contribution is -2.49. The number of aromatic nitrogens is 1. The number of nitrogens with zero attached hydrogens (tertiary/aromatic N) is 4. The monoisotopic (exact) mass is 398 g/mol. The number of ether oxygens (including phenoxy) is 1. The van der Waals surface area contributed by atoms with E-state index in [1.807, 2.05) is 24.4 Å². The molecule has 1 aromatic carbocycles. The fourth-order valence-corrected chi connectivity index (χ4v) is 3.74. The first-order chi connectivity index (χ1) is 14.1. The predicted octanol–water partition coefficient (Wildman–Crippen LogP) is 2.09. The number of hydrogen-bond donors (Lipinski definition) is 1. The van der Waals surface area contributed by atoms with E-state index in [0.29, 0.717) is 13.2 Å². The van der Waals surface area contributed by atoms with Crippen molar-refractivity contribution in [2.45, 2.75) is 26.1 Å². The van der Waals surface area contributed by atoms with E-state index < -0.39 is 6.10 Å². The number of aliphatic hydroxyl groups is 1. The summed E-state index contributed by atoms with van der Waals surface area (Å²) in [5.74, 6) is 0.812. The van der Waals surface area contributed by atoms with Crippen LogP contribution < -0.4 is 4.74 Å². The second-order valence-electron chi connectivity index (χ2n) is 7.88. The molecule has 1 fully saturated rings. The molecule has 0 saturated carbocycles. The van der Waals surface area contributed by atoms with Crippen LogP contribution in [0, 0.1) is 0 Å². The normalized spacial score (nSPS) is 16.8. The quantitative estimate of drug-likeness (QED) is 0.661. The van der Waals surface area contributed by atoms with Gasteiger partial charge in [0, 0.05) is 58.2 Å². The van der Waals surface area contributed by atoms with Gasteiger partial charge in [-0.15, -0.1) is 0 Å². The third-order valence-electron chi connectivity index (χ3n) is 5.35. The van der Waals surface area contributed by atoms with Gasteiger partial charge in [-0.2, -0.15) is 0 Å². The van der Waals surface area contributed by atoms with Crippen molar-refractivity contribution in [3.8, 4) is 5.75 Å². The number of rotatable bonds is 10. The molecular formula is C23H34N4O2. The number of piperazine rings is 1. The first kappa shape index (κ1) is 21.7. The van der Waals surface area contributed by atoms with Crippen molar-refractivity contribution in [2.75, 3.05) is 52.9 Å². The molecule has 2 heterocycles. The maximum absolute atomic E-state index is 10.4. The van der Waals surface area contributed by atoms with Crippen LogP contribution in [0.5, 0.6) is 5.75 Å². The van der Waals surface area contributed by atoms with Crippen LogP contribution in [0.2, 0.25) is 0 Å². The van der Waals surface area contributed by atoms with E-state index in [9.17, 15) is 5.11 Å². The highest BCUT2D eigenvalue weighted by atomic mass is 16.5. The Morgan fingerprint density at radius 1 is 1.07 bits per heavy atom. The van der Waals surface area contributed by atoms with E-state index in [4.69, 9.17) is 4.74 Å². The van der Waals surface area contributed by atoms with Gasteiger partial charge in [-0.3, -0.25) is 14.8 Å². The summed E-state index contributed by atoms with van der Waals surface area (Å²) in [7, 11) is 2.10. The summed E-state index contributed by atoms with van der Waals surface area (Å²) in [5, 5.41) is 10.4. The Morgan fingerprint density at radius 3 is 2.52 bits per heavy atom. The van der Waals surface area contributed by atoms with Crippen LogP contribution >= 0.6 is 0 Å². The third-order valence-corrected chi connectivity index (χ3v) is 5.35. The van der Waals surface area contributed by atoms with Crippen LogP contribution in [-0.2, 0) is 13.1 Å². The number of aliphatic hydroxyl groups excluding tert-OH is 1. The second kappa shape index (κ2) is 11.3. The minimum Gasteiger partial charge on any atom is -0.491 e. The molecule has 1 aromatic heterocycles. The number of pyridine rings is 1. The molecule has 1 aliphatic heterocycles. The minimum absolute atomic E-state index is 0.322. The zero-order valence-corrected chi connectivity index (χ0v) is 17.7. The summed E-state index contributed by atoms with van der Waals surface area (Å²) in [4.78, 5) is 11.2. The highest BCUT2D eigenvalue weighted by Gasteiger charge is 2.18. The lowest BCUT2D eigenvalue weighted by molar-refractivity contribution is 0.0470. The Labute approximate surface area is 174 Å². The van der Waals surface area contributed by atoms with Crippen molar-refractivity contribution in [1.29, 1.82) is 0 Å². The molecule has 1 aliphatic rings. The summed E-state index contributed by atoms with van der Waals surface area (Å²) < 4.78 is 5.88. The molecule has 0 bridgehead atoms. The van der Waals surface area contributed by atoms with Gasteiger partial charge < -0.3 is 14.7 Å². The Balaban J connectivity index is 1.42. The van der Waals surface area contributed by atoms with E-state index in [1.54, 1.807) is 6.20 Å². The largest absolute Gasteiger partial charge is 0.491 e. The predicted molar refractivity (Wildman–Crippen MR) is 116 cm³/mol. The van der Waals surface area contributed by atoms with E-state index in [1.165, 1.54) is 11.1 Å². The molecule has 0 spiro atoms. The van der Waals surface area contributed by atoms with Crippen LogP contribution in [0.3, 0.4) is 0 Å². The molecule has 0 aliphatic carbocycles. The molecule has 1 saturated heterocycles. The van der Waals surface area contributed by atoms with Crippen LogP contribution in [0.15, 0.2) is 48.8 Å². The molecule has 158 valence electrons. The summed E-state index contributed by atoms with van der Waals surface area (Å²) in [6.07, 6.45) is 3.23. The van der Waals surface area contributed by atoms with Gasteiger partial charge in [-0.25, -0.2) is 0 Å². The Hall–Kier alpha value is -1.99. The summed E-state index contributed by atoms with van der Waals surface area (Å²) in [6.45, 7) is 10.2. The summed E-state index contributed by atoms with van der Waals surface area (Å²) in [6, 6.07) is 12.2. The van der Waals surface area contributed by atoms with Gasteiger partial charge in [0.25, 0.3) is 0 Å². The molecule has 29 heavy (non-hydrogen) atoms. The second-order valence-corrected chi connectivity index (χ2v) is 7.88. The average Bonchev–Trinajstić information content (AvgIpc) is 2.74. The molecule has 2 aromatic rings. The van der Waals surface area contributed by atoms with E-state index >= 15 is 0 Å². The molecule has 3 rings (SSSR count). The SMILES string of the molecule is CCN1CCN(C[C@@H](O)COc2cccc(CN(C)Cc3cccnc3)c2)CC1. The molecule has 0 unspecified atom stereocenters. The van der Waals surface area contributed by atoms with Crippen molar-refractivity contribution in [1.82, 2.24) is 19.7 Å². The zero-order valence-electron chi connectivity index (χ0n) is 17.7. The van der Waals surface area contributed by atoms with Crippen molar-refractivity contribution >= 4 is 0 Å². The smallest absolute Gasteiger partial charge is 0.119 e. The molecule has 0 radical (unpaired) electrons. The Bertz CT molecular complexity index is 720. The summed E-state index contributed by atoms with van der Waals surface area (Å²) >= 11 is 0. The van der Waals surface area contributed by atoms with Crippen molar-refractivity contribution in [3.05, 3.63) is 59.9 Å². The first-order valence-corrected chi connectivity index (χ1v) is 10.5. The van der Waals surface area contributed by atoms with E-state index in [2.05, 4.69) is 51.9 Å². The number of likely N-dealkylation sites (N-methyl/N-ethyl adjacent to an activating group) is 1. The van der Waals surface area contributed by atoms with Crippen molar-refractivity contribution < 1.29 is 9.84 Å². The molecule has 0 amide bonds. The molecular weight excluding hydrogens is 364 g/mol. The zero-order chi connectivity index (χ0) is 20.5. The highest BCUT2D eigenvalue weighted by molar-refractivity contribution is 5.28. The maximum Gasteiger partial charge on any atom is 0.119 e. The van der Waals surface area contributed by atoms with Gasteiger partial charge >= 0.3 is 0 Å². The van der Waals surface area contributed by atoms with Gasteiger partial charge in [0.15, 0.2) is 0 Å². The fraction of sp³-hybridized carbons (Fsp3) is 0.522. The number of hydrogen-bond acceptors (Lipinski definition) is 6. The van der Waals surface area contributed by atoms with Crippen LogP contribution in [0.1, 0.15) is 18.1 Å². The first-order valence-electron chi connectivity index (χ1n) is 10.5. The topological polar surface area (TPSA) is 52.1 Å². The molecule has 1 atom stereocenters. The Morgan fingerprint density at radius 2 is 1.79 bits per heavy atom. The lowest BCUT2D eigenvalue weighted by atomic mass is 10.2. The standard InChI is InChI=1S/C23H34N4O2/c1-3-26-10-12-27(13-11-26)18-22(28)19-29-23-8-4-6-20(14-23)16-25(2)17-21-7-5-9-24-15-21/h4-9,14-15,22,28H,3,10-13,16-19H2,1-2H3/t22-/m1/s1. The van der Waals surface area contributed by atoms with Crippen LogP contribution in [0.4, 0.5) is 0 Å². The van der Waals surface area contributed by atoms with Gasteiger partial charge in [-0.05, 0) is 42.9 Å². The Kier molecular flexibility index (Phi) is 8.43. The highest BCUT2D eigenvalue weighted by Crippen LogP contribution is 2.16. The minimum atomic E-state index is -0.472. The van der Waals surface area contributed by atoms with Gasteiger partial charge in [-0.1, -0.05) is 25.1 Å².